The quantitative estimate of drug-likeness (QED) is 0.635. The number of aromatic nitrogens is 1. The highest BCUT2D eigenvalue weighted by Gasteiger charge is 2.15. The molecule has 0 unspecified atom stereocenters. The molecule has 0 spiro atoms. The van der Waals surface area contributed by atoms with Gasteiger partial charge in [-0.25, -0.2) is 0 Å². The molecule has 0 aliphatic heterocycles. The normalized spacial score (nSPS) is 10.6. The molecule has 0 aliphatic carbocycles. The first-order valence-electron chi connectivity index (χ1n) is 9.12. The van der Waals surface area contributed by atoms with Crippen molar-refractivity contribution >= 4 is 11.6 Å². The lowest BCUT2D eigenvalue weighted by atomic mass is 10.1. The summed E-state index contributed by atoms with van der Waals surface area (Å²) < 4.78 is 11.1. The number of rotatable bonds is 7. The number of para-hydroxylation sites is 1. The number of nitrogens with one attached hydrogen (secondary N) is 1. The minimum Gasteiger partial charge on any atom is -0.488 e. The number of ether oxygens (including phenoxy) is 1. The molecule has 5 heteroatoms. The van der Waals surface area contributed by atoms with Crippen LogP contribution in [0.25, 0.3) is 0 Å². The molecule has 0 fully saturated rings. The van der Waals surface area contributed by atoms with E-state index in [2.05, 4.69) is 17.4 Å². The highest BCUT2D eigenvalue weighted by Crippen LogP contribution is 2.23. The third-order valence-corrected chi connectivity index (χ3v) is 4.44. The Balaban J connectivity index is 1.71. The Labute approximate surface area is 159 Å². The van der Waals surface area contributed by atoms with Crippen molar-refractivity contribution in [2.24, 2.45) is 0 Å². The summed E-state index contributed by atoms with van der Waals surface area (Å²) in [5.74, 6) is 1.05. The molecule has 140 valence electrons. The minimum absolute atomic E-state index is 0.201. The summed E-state index contributed by atoms with van der Waals surface area (Å²) in [7, 11) is 0. The second-order valence-electron chi connectivity index (χ2n) is 6.49. The molecule has 0 atom stereocenters. The van der Waals surface area contributed by atoms with Crippen LogP contribution in [-0.2, 0) is 13.0 Å². The largest absolute Gasteiger partial charge is 0.488 e. The molecule has 0 bridgehead atoms. The van der Waals surface area contributed by atoms with E-state index in [4.69, 9.17) is 9.26 Å². The van der Waals surface area contributed by atoms with Crippen LogP contribution in [-0.4, -0.2) is 11.1 Å². The summed E-state index contributed by atoms with van der Waals surface area (Å²) >= 11 is 0. The van der Waals surface area contributed by atoms with Gasteiger partial charge in [0.05, 0.1) is 16.8 Å². The van der Waals surface area contributed by atoms with Gasteiger partial charge in [0, 0.05) is 5.69 Å². The topological polar surface area (TPSA) is 64.4 Å². The number of benzene rings is 2. The molecule has 1 amide bonds. The summed E-state index contributed by atoms with van der Waals surface area (Å²) in [5, 5.41) is 6.86. The molecule has 2 aromatic carbocycles. The van der Waals surface area contributed by atoms with Crippen molar-refractivity contribution in [3.8, 4) is 5.75 Å². The van der Waals surface area contributed by atoms with Gasteiger partial charge in [-0.15, -0.1) is 0 Å². The van der Waals surface area contributed by atoms with Crippen LogP contribution in [0, 0.1) is 13.8 Å². The number of carbonyl (C=O) groups excluding carboxylic acids is 1. The molecule has 0 saturated heterocycles. The van der Waals surface area contributed by atoms with Crippen molar-refractivity contribution in [1.82, 2.24) is 5.16 Å². The average Bonchev–Trinajstić information content (AvgIpc) is 3.00. The highest BCUT2D eigenvalue weighted by molar-refractivity contribution is 6.06. The Kier molecular flexibility index (Phi) is 5.91. The van der Waals surface area contributed by atoms with E-state index < -0.39 is 0 Å². The lowest BCUT2D eigenvalue weighted by Crippen LogP contribution is -2.13. The van der Waals surface area contributed by atoms with Crippen LogP contribution in [0.2, 0.25) is 0 Å². The van der Waals surface area contributed by atoms with Crippen molar-refractivity contribution in [2.45, 2.75) is 40.2 Å². The molecule has 3 rings (SSSR count). The van der Waals surface area contributed by atoms with Gasteiger partial charge in [-0.2, -0.15) is 0 Å². The zero-order chi connectivity index (χ0) is 19.2. The monoisotopic (exact) mass is 364 g/mol. The van der Waals surface area contributed by atoms with Crippen LogP contribution in [0.4, 0.5) is 5.69 Å². The van der Waals surface area contributed by atoms with E-state index in [0.29, 0.717) is 17.9 Å². The van der Waals surface area contributed by atoms with Gasteiger partial charge >= 0.3 is 0 Å². The second kappa shape index (κ2) is 8.54. The van der Waals surface area contributed by atoms with Crippen molar-refractivity contribution in [3.05, 3.63) is 76.7 Å². The van der Waals surface area contributed by atoms with E-state index in [1.165, 1.54) is 5.56 Å². The van der Waals surface area contributed by atoms with Gasteiger partial charge in [0.2, 0.25) is 0 Å². The molecule has 1 heterocycles. The van der Waals surface area contributed by atoms with Crippen molar-refractivity contribution in [3.63, 3.8) is 0 Å². The number of amides is 1. The van der Waals surface area contributed by atoms with Gasteiger partial charge in [0.1, 0.15) is 18.1 Å². The first kappa shape index (κ1) is 18.7. The lowest BCUT2D eigenvalue weighted by molar-refractivity contribution is 0.102. The number of carbonyl (C=O) groups is 1. The minimum atomic E-state index is -0.201. The molecule has 0 aliphatic rings. The third-order valence-electron chi connectivity index (χ3n) is 4.44. The van der Waals surface area contributed by atoms with Crippen LogP contribution < -0.4 is 10.1 Å². The number of nitrogens with zero attached hydrogens (tertiary/aromatic N) is 1. The van der Waals surface area contributed by atoms with Crippen LogP contribution in [0.3, 0.4) is 0 Å². The van der Waals surface area contributed by atoms with E-state index in [0.717, 1.165) is 35.5 Å². The maximum absolute atomic E-state index is 12.7. The summed E-state index contributed by atoms with van der Waals surface area (Å²) in [6, 6.07) is 15.1. The maximum Gasteiger partial charge on any atom is 0.259 e. The summed E-state index contributed by atoms with van der Waals surface area (Å²) in [4.78, 5) is 12.7. The zero-order valence-electron chi connectivity index (χ0n) is 15.9. The van der Waals surface area contributed by atoms with E-state index in [-0.39, 0.29) is 5.91 Å². The Morgan fingerprint density at radius 2 is 1.85 bits per heavy atom. The molecule has 1 N–H and O–H groups in total. The fraction of sp³-hybridized carbons (Fsp3) is 0.273. The summed E-state index contributed by atoms with van der Waals surface area (Å²) in [5.41, 5.74) is 4.21. The van der Waals surface area contributed by atoms with Gasteiger partial charge in [0.15, 0.2) is 0 Å². The number of hydrogen-bond donors (Lipinski definition) is 1. The van der Waals surface area contributed by atoms with Gasteiger partial charge in [0.25, 0.3) is 5.91 Å². The van der Waals surface area contributed by atoms with E-state index >= 15 is 0 Å². The molecule has 3 aromatic rings. The smallest absolute Gasteiger partial charge is 0.259 e. The first-order chi connectivity index (χ1) is 13.1. The van der Waals surface area contributed by atoms with Crippen LogP contribution in [0.5, 0.6) is 5.75 Å². The Bertz CT molecular complexity index is 894. The number of hydrogen-bond acceptors (Lipinski definition) is 4. The van der Waals surface area contributed by atoms with Gasteiger partial charge in [-0.1, -0.05) is 42.8 Å². The predicted octanol–water partition coefficient (Wildman–Crippen LogP) is 5.08. The summed E-state index contributed by atoms with van der Waals surface area (Å²) in [6.45, 7) is 6.17. The van der Waals surface area contributed by atoms with Gasteiger partial charge in [-0.3, -0.25) is 4.79 Å². The molecule has 0 saturated carbocycles. The van der Waals surface area contributed by atoms with Gasteiger partial charge in [-0.05, 0) is 50.1 Å². The average molecular weight is 364 g/mol. The maximum atomic E-state index is 12.7. The third kappa shape index (κ3) is 4.56. The van der Waals surface area contributed by atoms with E-state index in [9.17, 15) is 4.79 Å². The van der Waals surface area contributed by atoms with Crippen LogP contribution in [0.15, 0.2) is 53.1 Å². The number of anilines is 1. The van der Waals surface area contributed by atoms with Gasteiger partial charge < -0.3 is 14.6 Å². The van der Waals surface area contributed by atoms with Crippen molar-refractivity contribution < 1.29 is 14.1 Å². The van der Waals surface area contributed by atoms with E-state index in [1.807, 2.05) is 50.2 Å². The van der Waals surface area contributed by atoms with Crippen molar-refractivity contribution in [1.29, 1.82) is 0 Å². The highest BCUT2D eigenvalue weighted by atomic mass is 16.5. The first-order valence-corrected chi connectivity index (χ1v) is 9.12. The van der Waals surface area contributed by atoms with Crippen LogP contribution in [0.1, 0.15) is 46.3 Å². The fourth-order valence-corrected chi connectivity index (χ4v) is 2.88. The predicted molar refractivity (Wildman–Crippen MR) is 105 cm³/mol. The number of aryl methyl sites for hydroxylation is 3. The fourth-order valence-electron chi connectivity index (χ4n) is 2.88. The molecular formula is C22H24N2O3. The zero-order valence-corrected chi connectivity index (χ0v) is 15.9. The molecule has 5 nitrogen and oxygen atoms in total. The molecule has 27 heavy (non-hydrogen) atoms. The molecule has 0 radical (unpaired) electrons. The Morgan fingerprint density at radius 1 is 1.11 bits per heavy atom. The van der Waals surface area contributed by atoms with Crippen molar-refractivity contribution in [2.75, 3.05) is 5.32 Å². The van der Waals surface area contributed by atoms with Crippen LogP contribution >= 0.6 is 0 Å². The SMILES string of the molecule is CCCc1ccc(NC(=O)c2ccccc2OCc2c(C)noc2C)cc1. The standard InChI is InChI=1S/C22H24N2O3/c1-4-7-17-10-12-18(13-11-17)23-22(25)19-8-5-6-9-21(19)26-14-20-15(2)24-27-16(20)3/h5-6,8-13H,4,7,14H2,1-3H3,(H,23,25). The molecular weight excluding hydrogens is 340 g/mol. The lowest BCUT2D eigenvalue weighted by Gasteiger charge is -2.12. The summed E-state index contributed by atoms with van der Waals surface area (Å²) in [6.07, 6.45) is 2.13. The second-order valence-corrected chi connectivity index (χ2v) is 6.49. The Morgan fingerprint density at radius 3 is 2.52 bits per heavy atom. The molecule has 1 aromatic heterocycles. The Hall–Kier alpha value is -3.08. The van der Waals surface area contributed by atoms with E-state index in [1.54, 1.807) is 12.1 Å².